The smallest absolute Gasteiger partial charge is 0.273 e. The number of carbonyl (C=O) groups excluding carboxylic acids is 1. The van der Waals surface area contributed by atoms with Gasteiger partial charge in [-0.2, -0.15) is 0 Å². The highest BCUT2D eigenvalue weighted by atomic mass is 16.2. The number of nitrogens with two attached hydrogens (primary N) is 1. The second kappa shape index (κ2) is 12.3. The average Bonchev–Trinajstić information content (AvgIpc) is 3.62. The summed E-state index contributed by atoms with van der Waals surface area (Å²) in [7, 11) is 0. The third-order valence-electron chi connectivity index (χ3n) is 10.6. The van der Waals surface area contributed by atoms with E-state index in [1.54, 1.807) is 0 Å². The summed E-state index contributed by atoms with van der Waals surface area (Å²) in [6.45, 7) is 0. The number of nitrogens with one attached hydrogen (secondary N) is 1. The Bertz CT molecular complexity index is 2990. The Labute approximate surface area is 306 Å². The summed E-state index contributed by atoms with van der Waals surface area (Å²) >= 11 is 0. The molecule has 0 atom stereocenters. The molecule has 10 aromatic rings. The molecule has 0 spiro atoms. The van der Waals surface area contributed by atoms with Crippen molar-refractivity contribution in [2.45, 2.75) is 0 Å². The van der Waals surface area contributed by atoms with Crippen molar-refractivity contribution in [1.29, 1.82) is 0 Å². The van der Waals surface area contributed by atoms with Gasteiger partial charge in [0.1, 0.15) is 0 Å². The van der Waals surface area contributed by atoms with Crippen molar-refractivity contribution < 1.29 is 4.79 Å². The molecule has 0 aliphatic heterocycles. The number of aromatic nitrogens is 1. The van der Waals surface area contributed by atoms with E-state index in [4.69, 9.17) is 5.84 Å². The normalized spacial score (nSPS) is 11.6. The van der Waals surface area contributed by atoms with Crippen LogP contribution in [-0.2, 0) is 0 Å². The van der Waals surface area contributed by atoms with Gasteiger partial charge in [0.05, 0.1) is 16.8 Å². The number of carbonyl (C=O) groups is 1. The van der Waals surface area contributed by atoms with Gasteiger partial charge in [0.25, 0.3) is 5.91 Å². The quantitative estimate of drug-likeness (QED) is 0.0823. The summed E-state index contributed by atoms with van der Waals surface area (Å²) in [5, 5.41) is 10.0. The van der Waals surface area contributed by atoms with Crippen LogP contribution in [0.15, 0.2) is 182 Å². The third kappa shape index (κ3) is 4.85. The molecule has 1 aromatic heterocycles. The lowest BCUT2D eigenvalue weighted by atomic mass is 9.86. The lowest BCUT2D eigenvalue weighted by molar-refractivity contribution is 0.0988. The highest BCUT2D eigenvalue weighted by Crippen LogP contribution is 2.45. The molecule has 0 aliphatic rings. The minimum absolute atomic E-state index is 0.295. The van der Waals surface area contributed by atoms with E-state index in [9.17, 15) is 0 Å². The number of anilines is 1. The van der Waals surface area contributed by atoms with Gasteiger partial charge in [-0.25, -0.2) is 10.9 Å². The summed E-state index contributed by atoms with van der Waals surface area (Å²) in [6.07, 6.45) is 0. The Balaban J connectivity index is 1.28. The maximum absolute atomic E-state index is 15.5. The highest BCUT2D eigenvalue weighted by molar-refractivity contribution is 6.30. The predicted molar refractivity (Wildman–Crippen MR) is 222 cm³/mol. The maximum Gasteiger partial charge on any atom is 0.273 e. The van der Waals surface area contributed by atoms with Crippen LogP contribution in [0, 0.1) is 0 Å². The molecule has 0 radical (unpaired) electrons. The Morgan fingerprint density at radius 2 is 0.943 bits per heavy atom. The number of amides is 1. The monoisotopic (exact) mass is 679 g/mol. The Morgan fingerprint density at radius 1 is 0.434 bits per heavy atom. The second-order valence-electron chi connectivity index (χ2n) is 13.5. The van der Waals surface area contributed by atoms with E-state index in [2.05, 4.69) is 126 Å². The van der Waals surface area contributed by atoms with Gasteiger partial charge >= 0.3 is 0 Å². The molecular weight excluding hydrogens is 647 g/mol. The minimum atomic E-state index is -0.295. The first-order chi connectivity index (χ1) is 26.2. The van der Waals surface area contributed by atoms with Gasteiger partial charge in [0.2, 0.25) is 0 Å². The molecule has 9 aromatic carbocycles. The van der Waals surface area contributed by atoms with Crippen molar-refractivity contribution in [3.8, 4) is 33.4 Å². The van der Waals surface area contributed by atoms with Crippen molar-refractivity contribution in [2.75, 3.05) is 5.01 Å². The minimum Gasteiger partial charge on any atom is -0.354 e. The van der Waals surface area contributed by atoms with E-state index >= 15 is 4.79 Å². The topological polar surface area (TPSA) is 62.1 Å². The Kier molecular flexibility index (Phi) is 7.17. The van der Waals surface area contributed by atoms with Gasteiger partial charge in [-0.1, -0.05) is 170 Å². The largest absolute Gasteiger partial charge is 0.354 e. The van der Waals surface area contributed by atoms with Crippen molar-refractivity contribution in [3.63, 3.8) is 0 Å². The Morgan fingerprint density at radius 3 is 1.62 bits per heavy atom. The van der Waals surface area contributed by atoms with Crippen molar-refractivity contribution in [2.24, 2.45) is 5.84 Å². The molecule has 0 saturated heterocycles. The molecule has 250 valence electrons. The van der Waals surface area contributed by atoms with E-state index in [-0.39, 0.29) is 5.91 Å². The standard InChI is InChI=1S/C49H33N3O/c50-52(44-28-14-25-40-37-20-8-7-19-35(37)36-21-9-10-23-39(36)45(40)44)49(53)47-33(31-15-3-1-4-16-31)24-13-26-42(47)46-34(32-17-5-2-6-18-32)29-30-41-38-22-11-12-27-43(38)51-48(41)46/h1-30,51H,50H2. The highest BCUT2D eigenvalue weighted by Gasteiger charge is 2.28. The number of H-pyrrole nitrogens is 1. The zero-order valence-electron chi connectivity index (χ0n) is 28.8. The molecule has 53 heavy (non-hydrogen) atoms. The van der Waals surface area contributed by atoms with E-state index in [0.29, 0.717) is 11.3 Å². The van der Waals surface area contributed by atoms with Crippen LogP contribution in [0.5, 0.6) is 0 Å². The molecule has 0 aliphatic carbocycles. The molecule has 10 rings (SSSR count). The number of aromatic amines is 1. The second-order valence-corrected chi connectivity index (χ2v) is 13.5. The number of nitrogens with zero attached hydrogens (tertiary/aromatic N) is 1. The van der Waals surface area contributed by atoms with Crippen LogP contribution in [0.25, 0.3) is 87.5 Å². The fourth-order valence-corrected chi connectivity index (χ4v) is 8.27. The van der Waals surface area contributed by atoms with Gasteiger partial charge < -0.3 is 4.98 Å². The summed E-state index contributed by atoms with van der Waals surface area (Å²) in [6, 6.07) is 62.2. The van der Waals surface area contributed by atoms with Crippen LogP contribution in [0.1, 0.15) is 10.4 Å². The zero-order valence-corrected chi connectivity index (χ0v) is 28.8. The summed E-state index contributed by atoms with van der Waals surface area (Å²) in [5.74, 6) is 6.87. The molecule has 0 saturated carbocycles. The lowest BCUT2D eigenvalue weighted by Crippen LogP contribution is -2.38. The lowest BCUT2D eigenvalue weighted by Gasteiger charge is -2.24. The first-order valence-electron chi connectivity index (χ1n) is 17.9. The Hall–Kier alpha value is -7.01. The molecule has 0 unspecified atom stereocenters. The van der Waals surface area contributed by atoms with Gasteiger partial charge in [0.15, 0.2) is 0 Å². The van der Waals surface area contributed by atoms with Crippen molar-refractivity contribution in [1.82, 2.24) is 4.98 Å². The first kappa shape index (κ1) is 30.8. The van der Waals surface area contributed by atoms with Crippen LogP contribution < -0.4 is 10.9 Å². The fraction of sp³-hybridized carbons (Fsp3) is 0. The number of fused-ring (bicyclic) bond motifs is 9. The van der Waals surface area contributed by atoms with Gasteiger partial charge in [-0.15, -0.1) is 0 Å². The van der Waals surface area contributed by atoms with Crippen LogP contribution in [-0.4, -0.2) is 10.9 Å². The number of hydrogen-bond acceptors (Lipinski definition) is 2. The summed E-state index contributed by atoms with van der Waals surface area (Å²) in [4.78, 5) is 19.3. The zero-order chi connectivity index (χ0) is 35.5. The van der Waals surface area contributed by atoms with Gasteiger partial charge in [0, 0.05) is 27.2 Å². The summed E-state index contributed by atoms with van der Waals surface area (Å²) < 4.78 is 0. The number of para-hydroxylation sites is 1. The summed E-state index contributed by atoms with van der Waals surface area (Å²) in [5.41, 5.74) is 8.78. The molecule has 4 heteroatoms. The SMILES string of the molecule is NN(C(=O)c1c(-c2ccccc2)cccc1-c1c(-c2ccccc2)ccc2c1[nH]c1ccccc12)c1cccc2c3ccccc3c3ccccc3c12. The van der Waals surface area contributed by atoms with Crippen molar-refractivity contribution in [3.05, 3.63) is 188 Å². The molecule has 0 bridgehead atoms. The van der Waals surface area contributed by atoms with E-state index in [1.165, 1.54) is 10.4 Å². The van der Waals surface area contributed by atoms with Crippen molar-refractivity contribution >= 4 is 65.7 Å². The van der Waals surface area contributed by atoms with Crippen LogP contribution in [0.2, 0.25) is 0 Å². The number of rotatable bonds is 5. The number of hydrazine groups is 1. The van der Waals surface area contributed by atoms with E-state index < -0.39 is 0 Å². The maximum atomic E-state index is 15.5. The predicted octanol–water partition coefficient (Wildman–Crippen LogP) is 12.3. The molecule has 0 fully saturated rings. The first-order valence-corrected chi connectivity index (χ1v) is 17.9. The molecular formula is C49H33N3O. The fourth-order valence-electron chi connectivity index (χ4n) is 8.27. The van der Waals surface area contributed by atoms with Crippen LogP contribution >= 0.6 is 0 Å². The van der Waals surface area contributed by atoms with E-state index in [1.807, 2.05) is 60.7 Å². The van der Waals surface area contributed by atoms with E-state index in [0.717, 1.165) is 82.1 Å². The number of hydrogen-bond donors (Lipinski definition) is 2. The number of benzene rings is 9. The average molecular weight is 680 g/mol. The van der Waals surface area contributed by atoms with Crippen LogP contribution in [0.3, 0.4) is 0 Å². The molecule has 1 amide bonds. The van der Waals surface area contributed by atoms with Gasteiger partial charge in [-0.3, -0.25) is 4.79 Å². The third-order valence-corrected chi connectivity index (χ3v) is 10.6. The molecule has 3 N–H and O–H groups in total. The molecule has 1 heterocycles. The van der Waals surface area contributed by atoms with Crippen LogP contribution in [0.4, 0.5) is 5.69 Å². The van der Waals surface area contributed by atoms with Gasteiger partial charge in [-0.05, 0) is 66.9 Å². The molecule has 4 nitrogen and oxygen atoms in total.